The molecule has 0 aliphatic heterocycles. The summed E-state index contributed by atoms with van der Waals surface area (Å²) in [5, 5.41) is 1.13. The topological polar surface area (TPSA) is 0 Å². The maximum Gasteiger partial charge on any atom is 0.00342 e. The number of hydrogen-bond acceptors (Lipinski definition) is 0. The predicted molar refractivity (Wildman–Crippen MR) is 84.0 cm³/mol. The van der Waals surface area contributed by atoms with E-state index in [9.17, 15) is 0 Å². The van der Waals surface area contributed by atoms with Crippen LogP contribution in [0.2, 0.25) is 0 Å². The van der Waals surface area contributed by atoms with Crippen molar-refractivity contribution >= 4 is 15.9 Å². The number of hydrogen-bond donors (Lipinski definition) is 0. The van der Waals surface area contributed by atoms with Crippen LogP contribution in [0.5, 0.6) is 0 Å². The highest BCUT2D eigenvalue weighted by Gasteiger charge is 1.91. The molecule has 0 unspecified atom stereocenters. The van der Waals surface area contributed by atoms with Gasteiger partial charge in [0.1, 0.15) is 0 Å². The van der Waals surface area contributed by atoms with E-state index in [4.69, 9.17) is 0 Å². The molecule has 1 heteroatoms. The van der Waals surface area contributed by atoms with Crippen LogP contribution in [0, 0.1) is 0 Å². The van der Waals surface area contributed by atoms with Crippen molar-refractivity contribution in [1.82, 2.24) is 0 Å². The van der Waals surface area contributed by atoms with Gasteiger partial charge in [0, 0.05) is 5.33 Å². The van der Waals surface area contributed by atoms with Crippen LogP contribution in [0.15, 0.2) is 12.2 Å². The largest absolute Gasteiger partial charge is 0.0928 e. The highest BCUT2D eigenvalue weighted by Crippen LogP contribution is 2.10. The van der Waals surface area contributed by atoms with Gasteiger partial charge in [-0.1, -0.05) is 86.4 Å². The average Bonchev–Trinajstić information content (AvgIpc) is 2.35. The number of unbranched alkanes of at least 4 members (excludes halogenated alkanes) is 10. The van der Waals surface area contributed by atoms with Gasteiger partial charge < -0.3 is 0 Å². The molecular weight excluding hydrogens is 272 g/mol. The van der Waals surface area contributed by atoms with Gasteiger partial charge in [0.2, 0.25) is 0 Å². The molecule has 0 aromatic carbocycles. The molecule has 0 spiro atoms. The summed E-state index contributed by atoms with van der Waals surface area (Å²) < 4.78 is 0. The molecule has 0 N–H and O–H groups in total. The summed E-state index contributed by atoms with van der Waals surface area (Å²) in [5.41, 5.74) is 0. The molecule has 0 bridgehead atoms. The molecule has 0 fully saturated rings. The molecule has 102 valence electrons. The Morgan fingerprint density at radius 1 is 0.647 bits per heavy atom. The van der Waals surface area contributed by atoms with E-state index in [1.54, 1.807) is 0 Å². The summed E-state index contributed by atoms with van der Waals surface area (Å²) >= 11 is 3.45. The minimum atomic E-state index is 1.13. The van der Waals surface area contributed by atoms with Gasteiger partial charge in [-0.3, -0.25) is 0 Å². The SMILES string of the molecule is CCCCCCCCCCC/C=C/CCCBr. The van der Waals surface area contributed by atoms with Crippen LogP contribution in [0.1, 0.15) is 84.0 Å². The molecule has 0 atom stereocenters. The fourth-order valence-corrected chi connectivity index (χ4v) is 2.33. The summed E-state index contributed by atoms with van der Waals surface area (Å²) in [5.74, 6) is 0. The zero-order chi connectivity index (χ0) is 12.6. The van der Waals surface area contributed by atoms with Gasteiger partial charge in [-0.15, -0.1) is 0 Å². The molecule has 0 aromatic rings. The van der Waals surface area contributed by atoms with E-state index >= 15 is 0 Å². The van der Waals surface area contributed by atoms with Crippen LogP contribution in [-0.4, -0.2) is 5.33 Å². The minimum Gasteiger partial charge on any atom is -0.0928 e. The van der Waals surface area contributed by atoms with Crippen molar-refractivity contribution in [1.29, 1.82) is 0 Å². The van der Waals surface area contributed by atoms with Gasteiger partial charge in [0.25, 0.3) is 0 Å². The van der Waals surface area contributed by atoms with Gasteiger partial charge in [0.15, 0.2) is 0 Å². The number of rotatable bonds is 13. The second kappa shape index (κ2) is 16.2. The van der Waals surface area contributed by atoms with Crippen LogP contribution >= 0.6 is 15.9 Å². The highest BCUT2D eigenvalue weighted by atomic mass is 79.9. The maximum absolute atomic E-state index is 3.45. The van der Waals surface area contributed by atoms with Crippen LogP contribution in [0.3, 0.4) is 0 Å². The third kappa shape index (κ3) is 16.2. The molecule has 0 radical (unpaired) electrons. The molecule has 0 saturated carbocycles. The molecule has 17 heavy (non-hydrogen) atoms. The second-order valence-corrected chi connectivity index (χ2v) is 5.71. The lowest BCUT2D eigenvalue weighted by Crippen LogP contribution is -1.80. The third-order valence-corrected chi connectivity index (χ3v) is 3.71. The van der Waals surface area contributed by atoms with E-state index in [0.717, 1.165) is 5.33 Å². The Kier molecular flexibility index (Phi) is 16.4. The van der Waals surface area contributed by atoms with E-state index in [1.165, 1.54) is 77.0 Å². The van der Waals surface area contributed by atoms with Gasteiger partial charge >= 0.3 is 0 Å². The number of halogens is 1. The van der Waals surface area contributed by atoms with Crippen molar-refractivity contribution in [3.05, 3.63) is 12.2 Å². The molecule has 0 heterocycles. The van der Waals surface area contributed by atoms with E-state index in [-0.39, 0.29) is 0 Å². The van der Waals surface area contributed by atoms with Crippen LogP contribution in [0.25, 0.3) is 0 Å². The first-order valence-corrected chi connectivity index (χ1v) is 8.75. The van der Waals surface area contributed by atoms with Crippen molar-refractivity contribution < 1.29 is 0 Å². The number of allylic oxidation sites excluding steroid dienone is 2. The predicted octanol–water partition coefficient (Wildman–Crippen LogP) is 6.64. The summed E-state index contributed by atoms with van der Waals surface area (Å²) in [7, 11) is 0. The Bertz CT molecular complexity index is 152. The Hall–Kier alpha value is 0.220. The van der Waals surface area contributed by atoms with Crippen molar-refractivity contribution in [3.63, 3.8) is 0 Å². The molecular formula is C16H31Br. The molecule has 0 nitrogen and oxygen atoms in total. The first kappa shape index (κ1) is 17.2. The summed E-state index contributed by atoms with van der Waals surface area (Å²) in [6.07, 6.45) is 21.4. The first-order valence-electron chi connectivity index (χ1n) is 7.62. The summed E-state index contributed by atoms with van der Waals surface area (Å²) in [6.45, 7) is 2.28. The average molecular weight is 303 g/mol. The van der Waals surface area contributed by atoms with Crippen LogP contribution in [0.4, 0.5) is 0 Å². The molecule has 0 aromatic heterocycles. The lowest BCUT2D eigenvalue weighted by molar-refractivity contribution is 0.566. The number of alkyl halides is 1. The Labute approximate surface area is 117 Å². The van der Waals surface area contributed by atoms with Gasteiger partial charge in [-0.25, -0.2) is 0 Å². The molecule has 0 rings (SSSR count). The molecule has 0 amide bonds. The zero-order valence-electron chi connectivity index (χ0n) is 11.7. The van der Waals surface area contributed by atoms with Crippen molar-refractivity contribution in [2.24, 2.45) is 0 Å². The van der Waals surface area contributed by atoms with E-state index in [2.05, 4.69) is 35.0 Å². The van der Waals surface area contributed by atoms with Crippen molar-refractivity contribution in [3.8, 4) is 0 Å². The molecule has 0 aliphatic carbocycles. The van der Waals surface area contributed by atoms with E-state index in [0.29, 0.717) is 0 Å². The van der Waals surface area contributed by atoms with Gasteiger partial charge in [-0.05, 0) is 25.7 Å². The maximum atomic E-state index is 3.45. The summed E-state index contributed by atoms with van der Waals surface area (Å²) in [4.78, 5) is 0. The van der Waals surface area contributed by atoms with E-state index < -0.39 is 0 Å². The standard InChI is InChI=1S/C16H31Br/c1-2-3-4-5-6-7-8-9-10-11-12-13-14-15-16-17/h12-13H,2-11,14-16H2,1H3/b13-12+. The fourth-order valence-electron chi connectivity index (χ4n) is 2.00. The zero-order valence-corrected chi connectivity index (χ0v) is 13.3. The Morgan fingerprint density at radius 3 is 1.65 bits per heavy atom. The van der Waals surface area contributed by atoms with E-state index in [1.807, 2.05) is 0 Å². The van der Waals surface area contributed by atoms with Crippen molar-refractivity contribution in [2.45, 2.75) is 84.0 Å². The molecule has 0 saturated heterocycles. The fraction of sp³-hybridized carbons (Fsp3) is 0.875. The Morgan fingerprint density at radius 2 is 1.12 bits per heavy atom. The van der Waals surface area contributed by atoms with Crippen molar-refractivity contribution in [2.75, 3.05) is 5.33 Å². The molecule has 0 aliphatic rings. The quantitative estimate of drug-likeness (QED) is 0.203. The smallest absolute Gasteiger partial charge is 0.00342 e. The summed E-state index contributed by atoms with van der Waals surface area (Å²) in [6, 6.07) is 0. The second-order valence-electron chi connectivity index (χ2n) is 4.92. The minimum absolute atomic E-state index is 1.13. The lowest BCUT2D eigenvalue weighted by Gasteiger charge is -2.00. The Balaban J connectivity index is 2.96. The van der Waals surface area contributed by atoms with Gasteiger partial charge in [0.05, 0.1) is 0 Å². The highest BCUT2D eigenvalue weighted by molar-refractivity contribution is 9.09. The first-order chi connectivity index (χ1) is 8.41. The van der Waals surface area contributed by atoms with Gasteiger partial charge in [-0.2, -0.15) is 0 Å². The van der Waals surface area contributed by atoms with Crippen LogP contribution < -0.4 is 0 Å². The third-order valence-electron chi connectivity index (χ3n) is 3.15. The normalized spacial score (nSPS) is 11.4. The van der Waals surface area contributed by atoms with Crippen LogP contribution in [-0.2, 0) is 0 Å². The lowest BCUT2D eigenvalue weighted by atomic mass is 10.1. The monoisotopic (exact) mass is 302 g/mol.